The number of unbranched alkanes of at least 4 members (excludes halogenated alkanes) is 2. The smallest absolute Gasteiger partial charge is 0.00922 e. The SMILES string of the molecule is CCCCCC(CCC)N(C)CC(C(C)C)C(C)CC. The Morgan fingerprint density at radius 2 is 1.50 bits per heavy atom. The molecule has 122 valence electrons. The van der Waals surface area contributed by atoms with Crippen molar-refractivity contribution in [3.05, 3.63) is 0 Å². The van der Waals surface area contributed by atoms with E-state index in [1.165, 1.54) is 51.5 Å². The Balaban J connectivity index is 4.49. The van der Waals surface area contributed by atoms with Gasteiger partial charge in [0, 0.05) is 12.6 Å². The molecule has 1 nitrogen and oxygen atoms in total. The molecule has 0 bridgehead atoms. The van der Waals surface area contributed by atoms with Crippen molar-refractivity contribution in [3.8, 4) is 0 Å². The Morgan fingerprint density at radius 3 is 1.95 bits per heavy atom. The number of rotatable bonds is 12. The highest BCUT2D eigenvalue weighted by atomic mass is 15.1. The number of hydrogen-bond donors (Lipinski definition) is 0. The van der Waals surface area contributed by atoms with E-state index in [9.17, 15) is 0 Å². The molecule has 0 spiro atoms. The van der Waals surface area contributed by atoms with Crippen molar-refractivity contribution in [1.29, 1.82) is 0 Å². The van der Waals surface area contributed by atoms with Gasteiger partial charge >= 0.3 is 0 Å². The minimum atomic E-state index is 0.797. The van der Waals surface area contributed by atoms with Crippen LogP contribution >= 0.6 is 0 Å². The minimum absolute atomic E-state index is 0.797. The van der Waals surface area contributed by atoms with Crippen LogP contribution in [0.2, 0.25) is 0 Å². The van der Waals surface area contributed by atoms with E-state index in [4.69, 9.17) is 0 Å². The van der Waals surface area contributed by atoms with Gasteiger partial charge in [0.1, 0.15) is 0 Å². The van der Waals surface area contributed by atoms with Crippen LogP contribution in [0.1, 0.15) is 86.5 Å². The summed E-state index contributed by atoms with van der Waals surface area (Å²) in [6.45, 7) is 15.5. The van der Waals surface area contributed by atoms with Gasteiger partial charge in [-0.05, 0) is 37.6 Å². The third kappa shape index (κ3) is 7.67. The Hall–Kier alpha value is -0.0400. The molecule has 20 heavy (non-hydrogen) atoms. The zero-order chi connectivity index (χ0) is 15.5. The molecule has 3 atom stereocenters. The standard InChI is InChI=1S/C19H41N/c1-8-11-12-14-18(13-9-2)20(7)15-19(16(4)5)17(6)10-3/h16-19H,8-15H2,1-7H3. The van der Waals surface area contributed by atoms with Crippen LogP contribution in [-0.4, -0.2) is 24.5 Å². The molecule has 0 rings (SSSR count). The van der Waals surface area contributed by atoms with Crippen LogP contribution in [0.4, 0.5) is 0 Å². The first-order valence-electron chi connectivity index (χ1n) is 9.17. The maximum Gasteiger partial charge on any atom is 0.00922 e. The maximum absolute atomic E-state index is 2.68. The summed E-state index contributed by atoms with van der Waals surface area (Å²) in [6, 6.07) is 0.803. The molecule has 1 heteroatoms. The van der Waals surface area contributed by atoms with Crippen molar-refractivity contribution in [3.63, 3.8) is 0 Å². The van der Waals surface area contributed by atoms with E-state index < -0.39 is 0 Å². The van der Waals surface area contributed by atoms with E-state index in [0.29, 0.717) is 0 Å². The van der Waals surface area contributed by atoms with Crippen molar-refractivity contribution in [2.75, 3.05) is 13.6 Å². The van der Waals surface area contributed by atoms with Crippen LogP contribution in [0.3, 0.4) is 0 Å². The fraction of sp³-hybridized carbons (Fsp3) is 1.00. The van der Waals surface area contributed by atoms with E-state index >= 15 is 0 Å². The highest BCUT2D eigenvalue weighted by molar-refractivity contribution is 4.76. The third-order valence-corrected chi connectivity index (χ3v) is 5.12. The first-order chi connectivity index (χ1) is 9.47. The fourth-order valence-electron chi connectivity index (χ4n) is 3.38. The summed E-state index contributed by atoms with van der Waals surface area (Å²) in [7, 11) is 2.37. The van der Waals surface area contributed by atoms with Crippen molar-refractivity contribution in [1.82, 2.24) is 4.90 Å². The van der Waals surface area contributed by atoms with Crippen LogP contribution in [-0.2, 0) is 0 Å². The van der Waals surface area contributed by atoms with Gasteiger partial charge in [-0.1, -0.05) is 73.6 Å². The topological polar surface area (TPSA) is 3.24 Å². The molecule has 0 aromatic rings. The van der Waals surface area contributed by atoms with E-state index in [2.05, 4.69) is 53.5 Å². The van der Waals surface area contributed by atoms with Gasteiger partial charge < -0.3 is 4.90 Å². The molecule has 0 N–H and O–H groups in total. The number of nitrogens with zero attached hydrogens (tertiary/aromatic N) is 1. The Kier molecular flexibility index (Phi) is 11.6. The summed E-state index contributed by atoms with van der Waals surface area (Å²) in [5.41, 5.74) is 0. The zero-order valence-corrected chi connectivity index (χ0v) is 15.4. The van der Waals surface area contributed by atoms with Gasteiger partial charge in [0.05, 0.1) is 0 Å². The van der Waals surface area contributed by atoms with Gasteiger partial charge in [0.15, 0.2) is 0 Å². The average molecular weight is 284 g/mol. The van der Waals surface area contributed by atoms with E-state index in [1.807, 2.05) is 0 Å². The molecule has 0 heterocycles. The van der Waals surface area contributed by atoms with Gasteiger partial charge in [-0.2, -0.15) is 0 Å². The molecule has 0 radical (unpaired) electrons. The van der Waals surface area contributed by atoms with Crippen molar-refractivity contribution < 1.29 is 0 Å². The van der Waals surface area contributed by atoms with Crippen molar-refractivity contribution >= 4 is 0 Å². The molecule has 0 aliphatic rings. The predicted molar refractivity (Wildman–Crippen MR) is 93.3 cm³/mol. The fourth-order valence-corrected chi connectivity index (χ4v) is 3.38. The summed E-state index contributed by atoms with van der Waals surface area (Å²) >= 11 is 0. The Labute approximate surface area is 129 Å². The van der Waals surface area contributed by atoms with E-state index in [-0.39, 0.29) is 0 Å². The van der Waals surface area contributed by atoms with Gasteiger partial charge in [-0.3, -0.25) is 0 Å². The Morgan fingerprint density at radius 1 is 0.850 bits per heavy atom. The molecule has 0 aliphatic carbocycles. The monoisotopic (exact) mass is 283 g/mol. The van der Waals surface area contributed by atoms with Gasteiger partial charge in [-0.25, -0.2) is 0 Å². The van der Waals surface area contributed by atoms with Crippen LogP contribution < -0.4 is 0 Å². The molecule has 0 aromatic heterocycles. The normalized spacial score (nSPS) is 16.6. The summed E-state index contributed by atoms with van der Waals surface area (Å²) in [5.74, 6) is 2.48. The Bertz CT molecular complexity index is 212. The molecule has 3 unspecified atom stereocenters. The second-order valence-electron chi connectivity index (χ2n) is 7.17. The highest BCUT2D eigenvalue weighted by Gasteiger charge is 2.24. The molecule has 0 aromatic carbocycles. The van der Waals surface area contributed by atoms with Crippen molar-refractivity contribution in [2.24, 2.45) is 17.8 Å². The summed E-state index contributed by atoms with van der Waals surface area (Å²) in [5, 5.41) is 0. The molecule has 0 amide bonds. The second-order valence-corrected chi connectivity index (χ2v) is 7.17. The lowest BCUT2D eigenvalue weighted by Gasteiger charge is -2.35. The minimum Gasteiger partial charge on any atom is -0.303 e. The molecular weight excluding hydrogens is 242 g/mol. The lowest BCUT2D eigenvalue weighted by atomic mass is 9.82. The van der Waals surface area contributed by atoms with Crippen LogP contribution in [0.15, 0.2) is 0 Å². The summed E-state index contributed by atoms with van der Waals surface area (Å²) in [4.78, 5) is 2.68. The first-order valence-corrected chi connectivity index (χ1v) is 9.17. The third-order valence-electron chi connectivity index (χ3n) is 5.12. The van der Waals surface area contributed by atoms with Crippen molar-refractivity contribution in [2.45, 2.75) is 92.5 Å². The molecule has 0 aliphatic heterocycles. The predicted octanol–water partition coefficient (Wildman–Crippen LogP) is 5.99. The average Bonchev–Trinajstić information content (AvgIpc) is 2.42. The zero-order valence-electron chi connectivity index (χ0n) is 15.4. The second kappa shape index (κ2) is 11.6. The first kappa shape index (κ1) is 20.0. The van der Waals surface area contributed by atoms with E-state index in [1.54, 1.807) is 0 Å². The van der Waals surface area contributed by atoms with Gasteiger partial charge in [0.25, 0.3) is 0 Å². The summed E-state index contributed by atoms with van der Waals surface area (Å²) < 4.78 is 0. The lowest BCUT2D eigenvalue weighted by Crippen LogP contribution is -2.39. The van der Waals surface area contributed by atoms with Crippen LogP contribution in [0.25, 0.3) is 0 Å². The van der Waals surface area contributed by atoms with Gasteiger partial charge in [0.2, 0.25) is 0 Å². The van der Waals surface area contributed by atoms with E-state index in [0.717, 1.165) is 23.8 Å². The molecular formula is C19H41N. The summed E-state index contributed by atoms with van der Waals surface area (Å²) in [6.07, 6.45) is 9.52. The maximum atomic E-state index is 2.68. The molecule has 0 saturated carbocycles. The highest BCUT2D eigenvalue weighted by Crippen LogP contribution is 2.26. The van der Waals surface area contributed by atoms with Gasteiger partial charge in [-0.15, -0.1) is 0 Å². The van der Waals surface area contributed by atoms with Crippen LogP contribution in [0, 0.1) is 17.8 Å². The number of hydrogen-bond acceptors (Lipinski definition) is 1. The lowest BCUT2D eigenvalue weighted by molar-refractivity contribution is 0.131. The quantitative estimate of drug-likeness (QED) is 0.398. The molecule has 0 saturated heterocycles. The van der Waals surface area contributed by atoms with Crippen LogP contribution in [0.5, 0.6) is 0 Å². The largest absolute Gasteiger partial charge is 0.303 e. The molecule has 0 fully saturated rings.